The molecule has 0 atom stereocenters. The molecule has 1 amide bonds. The van der Waals surface area contributed by atoms with E-state index in [1.165, 1.54) is 0 Å². The molecule has 0 saturated heterocycles. The number of nitrogens with zero attached hydrogens (tertiary/aromatic N) is 2. The van der Waals surface area contributed by atoms with Gasteiger partial charge >= 0.3 is 0 Å². The molecule has 0 aromatic heterocycles. The highest BCUT2D eigenvalue weighted by Gasteiger charge is 2.21. The Morgan fingerprint density at radius 3 is 2.74 bits per heavy atom. The number of nitrogens with one attached hydrogen (secondary N) is 1. The van der Waals surface area contributed by atoms with Gasteiger partial charge in [-0.25, -0.2) is 0 Å². The summed E-state index contributed by atoms with van der Waals surface area (Å²) in [6.07, 6.45) is 1.12. The second-order valence-electron chi connectivity index (χ2n) is 4.83. The molecule has 4 nitrogen and oxygen atoms in total. The van der Waals surface area contributed by atoms with E-state index >= 15 is 0 Å². The van der Waals surface area contributed by atoms with Crippen LogP contribution in [0.2, 0.25) is 0 Å². The Labute approximate surface area is 115 Å². The minimum absolute atomic E-state index is 0.0376. The molecule has 0 radical (unpaired) electrons. The zero-order valence-electron chi connectivity index (χ0n) is 11.9. The van der Waals surface area contributed by atoms with Gasteiger partial charge in [-0.05, 0) is 38.2 Å². The van der Waals surface area contributed by atoms with E-state index in [4.69, 9.17) is 0 Å². The van der Waals surface area contributed by atoms with E-state index in [-0.39, 0.29) is 5.91 Å². The van der Waals surface area contributed by atoms with Crippen LogP contribution in [0.1, 0.15) is 30.6 Å². The highest BCUT2D eigenvalue weighted by atomic mass is 16.2. The van der Waals surface area contributed by atoms with Crippen molar-refractivity contribution in [3.63, 3.8) is 0 Å². The highest BCUT2D eigenvalue weighted by Crippen LogP contribution is 2.23. The molecule has 0 saturated carbocycles. The topological polar surface area (TPSA) is 35.6 Å². The molecular formula is C15H23N3O. The second-order valence-corrected chi connectivity index (χ2v) is 4.83. The summed E-state index contributed by atoms with van der Waals surface area (Å²) in [6, 6.07) is 7.83. The number of carbonyl (C=O) groups is 1. The number of anilines is 1. The maximum absolute atomic E-state index is 11.8. The van der Waals surface area contributed by atoms with Gasteiger partial charge in [-0.15, -0.1) is 0 Å². The largest absolute Gasteiger partial charge is 0.353 e. The van der Waals surface area contributed by atoms with Gasteiger partial charge in [-0.3, -0.25) is 4.79 Å². The van der Waals surface area contributed by atoms with Crippen molar-refractivity contribution in [2.75, 3.05) is 37.7 Å². The summed E-state index contributed by atoms with van der Waals surface area (Å²) in [5.41, 5.74) is 1.85. The third-order valence-electron chi connectivity index (χ3n) is 3.72. The predicted molar refractivity (Wildman–Crippen MR) is 78.5 cm³/mol. The Hall–Kier alpha value is -1.55. The van der Waals surface area contributed by atoms with Gasteiger partial charge in [-0.2, -0.15) is 0 Å². The zero-order valence-corrected chi connectivity index (χ0v) is 11.9. The first-order chi connectivity index (χ1) is 9.26. The van der Waals surface area contributed by atoms with Crippen LogP contribution in [0.5, 0.6) is 0 Å². The summed E-state index contributed by atoms with van der Waals surface area (Å²) < 4.78 is 0. The van der Waals surface area contributed by atoms with Crippen molar-refractivity contribution in [3.05, 3.63) is 29.8 Å². The number of benzene rings is 1. The van der Waals surface area contributed by atoms with Crippen LogP contribution in [0.3, 0.4) is 0 Å². The molecule has 1 aliphatic rings. The van der Waals surface area contributed by atoms with Crippen LogP contribution in [-0.2, 0) is 0 Å². The quantitative estimate of drug-likeness (QED) is 0.850. The van der Waals surface area contributed by atoms with Gasteiger partial charge in [0.25, 0.3) is 5.91 Å². The minimum atomic E-state index is 0.0376. The zero-order chi connectivity index (χ0) is 13.7. The Kier molecular flexibility index (Phi) is 4.80. The molecule has 1 heterocycles. The highest BCUT2D eigenvalue weighted by molar-refractivity contribution is 6.01. The fourth-order valence-electron chi connectivity index (χ4n) is 2.51. The van der Waals surface area contributed by atoms with Crippen LogP contribution >= 0.6 is 0 Å². The van der Waals surface area contributed by atoms with Crippen LogP contribution in [0.15, 0.2) is 24.3 Å². The lowest BCUT2D eigenvalue weighted by Gasteiger charge is -2.31. The Balaban J connectivity index is 1.95. The van der Waals surface area contributed by atoms with Gasteiger partial charge < -0.3 is 15.1 Å². The molecule has 4 heteroatoms. The Bertz CT molecular complexity index is 429. The van der Waals surface area contributed by atoms with Crippen molar-refractivity contribution in [1.29, 1.82) is 0 Å². The van der Waals surface area contributed by atoms with E-state index in [1.807, 2.05) is 24.3 Å². The van der Waals surface area contributed by atoms with Gasteiger partial charge in [0.1, 0.15) is 0 Å². The molecule has 104 valence electrons. The molecule has 1 N–H and O–H groups in total. The summed E-state index contributed by atoms with van der Waals surface area (Å²) in [6.45, 7) is 9.30. The Morgan fingerprint density at radius 1 is 1.26 bits per heavy atom. The fourth-order valence-corrected chi connectivity index (χ4v) is 2.51. The second kappa shape index (κ2) is 6.57. The number of fused-ring (bicyclic) bond motifs is 1. The third kappa shape index (κ3) is 3.26. The van der Waals surface area contributed by atoms with Gasteiger partial charge in [0.2, 0.25) is 0 Å². The normalized spacial score (nSPS) is 14.5. The number of rotatable bonds is 6. The van der Waals surface area contributed by atoms with Crippen molar-refractivity contribution >= 4 is 11.6 Å². The summed E-state index contributed by atoms with van der Waals surface area (Å²) in [4.78, 5) is 16.4. The average Bonchev–Trinajstić information content (AvgIpc) is 2.46. The first kappa shape index (κ1) is 13.9. The number of hydrogen-bond donors (Lipinski definition) is 1. The van der Waals surface area contributed by atoms with Crippen molar-refractivity contribution in [1.82, 2.24) is 10.2 Å². The van der Waals surface area contributed by atoms with E-state index in [0.717, 1.165) is 43.9 Å². The summed E-state index contributed by atoms with van der Waals surface area (Å²) in [5.74, 6) is 0.0376. The van der Waals surface area contributed by atoms with Gasteiger partial charge in [0.05, 0.1) is 17.9 Å². The summed E-state index contributed by atoms with van der Waals surface area (Å²) in [7, 11) is 0. The van der Waals surface area contributed by atoms with E-state index in [9.17, 15) is 4.79 Å². The average molecular weight is 261 g/mol. The molecule has 1 aromatic rings. The molecule has 0 spiro atoms. The van der Waals surface area contributed by atoms with Gasteiger partial charge in [0.15, 0.2) is 0 Å². The third-order valence-corrected chi connectivity index (χ3v) is 3.72. The van der Waals surface area contributed by atoms with Crippen LogP contribution in [0.4, 0.5) is 5.69 Å². The van der Waals surface area contributed by atoms with Crippen molar-refractivity contribution in [2.45, 2.75) is 20.3 Å². The first-order valence-corrected chi connectivity index (χ1v) is 7.10. The first-order valence-electron chi connectivity index (χ1n) is 7.10. The molecule has 0 aliphatic carbocycles. The van der Waals surface area contributed by atoms with Crippen molar-refractivity contribution < 1.29 is 4.79 Å². The summed E-state index contributed by atoms with van der Waals surface area (Å²) in [5, 5.41) is 2.93. The molecule has 19 heavy (non-hydrogen) atoms. The molecule has 1 aliphatic heterocycles. The number of hydrogen-bond acceptors (Lipinski definition) is 3. The molecule has 2 rings (SSSR count). The van der Waals surface area contributed by atoms with E-state index in [1.54, 1.807) is 0 Å². The molecular weight excluding hydrogens is 238 g/mol. The SMILES string of the molecule is CCN(CC)CCCN1CNC(=O)c2ccccc21. The van der Waals surface area contributed by atoms with E-state index in [2.05, 4.69) is 29.0 Å². The van der Waals surface area contributed by atoms with Gasteiger partial charge in [-0.1, -0.05) is 26.0 Å². The number of para-hydroxylation sites is 1. The summed E-state index contributed by atoms with van der Waals surface area (Å²) >= 11 is 0. The molecule has 0 bridgehead atoms. The number of amides is 1. The molecule has 0 fully saturated rings. The van der Waals surface area contributed by atoms with E-state index in [0.29, 0.717) is 6.67 Å². The smallest absolute Gasteiger partial charge is 0.254 e. The Morgan fingerprint density at radius 2 is 2.00 bits per heavy atom. The van der Waals surface area contributed by atoms with Crippen LogP contribution in [-0.4, -0.2) is 43.7 Å². The van der Waals surface area contributed by atoms with Crippen LogP contribution < -0.4 is 10.2 Å². The fraction of sp³-hybridized carbons (Fsp3) is 0.533. The lowest BCUT2D eigenvalue weighted by molar-refractivity contribution is 0.0947. The lowest BCUT2D eigenvalue weighted by Crippen LogP contribution is -2.44. The van der Waals surface area contributed by atoms with Crippen molar-refractivity contribution in [3.8, 4) is 0 Å². The monoisotopic (exact) mass is 261 g/mol. The minimum Gasteiger partial charge on any atom is -0.353 e. The predicted octanol–water partition coefficient (Wildman–Crippen LogP) is 1.93. The number of carbonyl (C=O) groups excluding carboxylic acids is 1. The molecule has 0 unspecified atom stereocenters. The van der Waals surface area contributed by atoms with Crippen molar-refractivity contribution in [2.24, 2.45) is 0 Å². The van der Waals surface area contributed by atoms with Crippen LogP contribution in [0, 0.1) is 0 Å². The van der Waals surface area contributed by atoms with E-state index < -0.39 is 0 Å². The van der Waals surface area contributed by atoms with Gasteiger partial charge in [0, 0.05) is 6.54 Å². The maximum Gasteiger partial charge on any atom is 0.254 e. The lowest BCUT2D eigenvalue weighted by atomic mass is 10.1. The van der Waals surface area contributed by atoms with Crippen LogP contribution in [0.25, 0.3) is 0 Å². The molecule has 1 aromatic carbocycles. The maximum atomic E-state index is 11.8. The standard InChI is InChI=1S/C15H23N3O/c1-3-17(4-2)10-7-11-18-12-16-15(19)13-8-5-6-9-14(13)18/h5-6,8-9H,3-4,7,10-12H2,1-2H3,(H,16,19).